The Hall–Kier alpha value is -1.47. The van der Waals surface area contributed by atoms with Crippen LogP contribution < -0.4 is 11.1 Å². The van der Waals surface area contributed by atoms with Crippen LogP contribution in [0.3, 0.4) is 0 Å². The molecule has 0 unspecified atom stereocenters. The third kappa shape index (κ3) is 4.92. The number of ether oxygens (including phenoxy) is 1. The standard InChI is InChI=1S/C10H15N3O3S/c1-2-16-5-3-4-8(14)13-10-12-7(6-17-10)9(11)15/h6H,2-5H2,1H3,(H2,11,15)(H,12,13,14). The summed E-state index contributed by atoms with van der Waals surface area (Å²) in [5, 5.41) is 4.50. The zero-order valence-corrected chi connectivity index (χ0v) is 10.4. The van der Waals surface area contributed by atoms with E-state index in [1.165, 1.54) is 16.7 Å². The van der Waals surface area contributed by atoms with Gasteiger partial charge in [0.1, 0.15) is 5.69 Å². The number of aromatic nitrogens is 1. The molecule has 94 valence electrons. The smallest absolute Gasteiger partial charge is 0.268 e. The highest BCUT2D eigenvalue weighted by Crippen LogP contribution is 2.15. The summed E-state index contributed by atoms with van der Waals surface area (Å²) in [5.41, 5.74) is 5.21. The van der Waals surface area contributed by atoms with Crippen molar-refractivity contribution in [1.29, 1.82) is 0 Å². The summed E-state index contributed by atoms with van der Waals surface area (Å²) >= 11 is 1.17. The molecule has 0 saturated heterocycles. The number of primary amides is 1. The van der Waals surface area contributed by atoms with E-state index in [1.807, 2.05) is 6.92 Å². The molecule has 1 rings (SSSR count). The van der Waals surface area contributed by atoms with Crippen molar-refractivity contribution in [2.45, 2.75) is 19.8 Å². The highest BCUT2D eigenvalue weighted by molar-refractivity contribution is 7.14. The minimum atomic E-state index is -0.599. The lowest BCUT2D eigenvalue weighted by Crippen LogP contribution is -2.14. The lowest BCUT2D eigenvalue weighted by molar-refractivity contribution is -0.116. The molecule has 17 heavy (non-hydrogen) atoms. The summed E-state index contributed by atoms with van der Waals surface area (Å²) < 4.78 is 5.12. The van der Waals surface area contributed by atoms with Crippen LogP contribution in [-0.2, 0) is 9.53 Å². The predicted octanol–water partition coefficient (Wildman–Crippen LogP) is 0.997. The number of carbonyl (C=O) groups excluding carboxylic acids is 2. The molecule has 2 amide bonds. The summed E-state index contributed by atoms with van der Waals surface area (Å²) in [6, 6.07) is 0. The quantitative estimate of drug-likeness (QED) is 0.712. The second-order valence-electron chi connectivity index (χ2n) is 3.25. The van der Waals surface area contributed by atoms with E-state index in [2.05, 4.69) is 10.3 Å². The third-order valence-electron chi connectivity index (χ3n) is 1.90. The largest absolute Gasteiger partial charge is 0.382 e. The van der Waals surface area contributed by atoms with Gasteiger partial charge in [0.05, 0.1) is 0 Å². The van der Waals surface area contributed by atoms with Crippen LogP contribution in [0.2, 0.25) is 0 Å². The van der Waals surface area contributed by atoms with Crippen LogP contribution in [0.1, 0.15) is 30.3 Å². The third-order valence-corrected chi connectivity index (χ3v) is 2.66. The van der Waals surface area contributed by atoms with Crippen molar-refractivity contribution in [3.05, 3.63) is 11.1 Å². The molecule has 1 aromatic heterocycles. The Labute approximate surface area is 103 Å². The number of hydrogen-bond donors (Lipinski definition) is 2. The minimum absolute atomic E-state index is 0.143. The number of anilines is 1. The summed E-state index contributed by atoms with van der Waals surface area (Å²) in [5.74, 6) is -0.742. The molecule has 1 heterocycles. The molecular weight excluding hydrogens is 242 g/mol. The summed E-state index contributed by atoms with van der Waals surface area (Å²) in [7, 11) is 0. The fraction of sp³-hybridized carbons (Fsp3) is 0.500. The molecule has 6 nitrogen and oxygen atoms in total. The Morgan fingerprint density at radius 3 is 2.94 bits per heavy atom. The van der Waals surface area contributed by atoms with Gasteiger partial charge in [-0.25, -0.2) is 4.98 Å². The van der Waals surface area contributed by atoms with Gasteiger partial charge in [0.25, 0.3) is 5.91 Å². The van der Waals surface area contributed by atoms with E-state index in [-0.39, 0.29) is 11.6 Å². The average molecular weight is 257 g/mol. The molecule has 0 aliphatic carbocycles. The number of amides is 2. The second kappa shape index (κ2) is 6.97. The Kier molecular flexibility index (Phi) is 5.58. The first-order chi connectivity index (χ1) is 8.13. The van der Waals surface area contributed by atoms with Gasteiger partial charge in [-0.05, 0) is 13.3 Å². The van der Waals surface area contributed by atoms with Crippen molar-refractivity contribution in [3.8, 4) is 0 Å². The monoisotopic (exact) mass is 257 g/mol. The summed E-state index contributed by atoms with van der Waals surface area (Å²) in [4.78, 5) is 26.1. The lowest BCUT2D eigenvalue weighted by Gasteiger charge is -2.01. The van der Waals surface area contributed by atoms with Crippen LogP contribution in [0.25, 0.3) is 0 Å². The molecule has 0 fully saturated rings. The van der Waals surface area contributed by atoms with Gasteiger partial charge in [-0.2, -0.15) is 0 Å². The van der Waals surface area contributed by atoms with Crippen molar-refractivity contribution < 1.29 is 14.3 Å². The highest BCUT2D eigenvalue weighted by Gasteiger charge is 2.09. The minimum Gasteiger partial charge on any atom is -0.382 e. The zero-order chi connectivity index (χ0) is 12.7. The fourth-order valence-electron chi connectivity index (χ4n) is 1.11. The van der Waals surface area contributed by atoms with Gasteiger partial charge in [0.15, 0.2) is 5.13 Å². The maximum Gasteiger partial charge on any atom is 0.268 e. The van der Waals surface area contributed by atoms with E-state index >= 15 is 0 Å². The topological polar surface area (TPSA) is 94.3 Å². The maximum absolute atomic E-state index is 11.4. The van der Waals surface area contributed by atoms with Gasteiger partial charge in [-0.3, -0.25) is 9.59 Å². The molecule has 1 aromatic rings. The van der Waals surface area contributed by atoms with Crippen LogP contribution >= 0.6 is 11.3 Å². The molecule has 0 aliphatic rings. The zero-order valence-electron chi connectivity index (χ0n) is 9.56. The van der Waals surface area contributed by atoms with Gasteiger partial charge in [-0.15, -0.1) is 11.3 Å². The highest BCUT2D eigenvalue weighted by atomic mass is 32.1. The molecule has 0 spiro atoms. The molecule has 0 bridgehead atoms. The molecule has 3 N–H and O–H groups in total. The Bertz CT molecular complexity index is 392. The van der Waals surface area contributed by atoms with E-state index in [1.54, 1.807) is 0 Å². The second-order valence-corrected chi connectivity index (χ2v) is 4.11. The molecule has 0 radical (unpaired) electrons. The van der Waals surface area contributed by atoms with Gasteiger partial charge >= 0.3 is 0 Å². The van der Waals surface area contributed by atoms with E-state index < -0.39 is 5.91 Å². The molecule has 7 heteroatoms. The van der Waals surface area contributed by atoms with E-state index in [4.69, 9.17) is 10.5 Å². The first-order valence-corrected chi connectivity index (χ1v) is 6.14. The van der Waals surface area contributed by atoms with Crippen molar-refractivity contribution in [1.82, 2.24) is 4.98 Å². The van der Waals surface area contributed by atoms with Crippen LogP contribution in [0.4, 0.5) is 5.13 Å². The van der Waals surface area contributed by atoms with Crippen LogP contribution in [0, 0.1) is 0 Å². The lowest BCUT2D eigenvalue weighted by atomic mass is 10.3. The number of hydrogen-bond acceptors (Lipinski definition) is 5. The van der Waals surface area contributed by atoms with E-state index in [0.29, 0.717) is 31.2 Å². The number of nitrogens with one attached hydrogen (secondary N) is 1. The summed E-state index contributed by atoms with van der Waals surface area (Å²) in [6.07, 6.45) is 1.03. The predicted molar refractivity (Wildman–Crippen MR) is 65.0 cm³/mol. The van der Waals surface area contributed by atoms with Gasteiger partial charge in [-0.1, -0.05) is 0 Å². The van der Waals surface area contributed by atoms with Crippen LogP contribution in [-0.4, -0.2) is 30.0 Å². The maximum atomic E-state index is 11.4. The number of thiazole rings is 1. The summed E-state index contributed by atoms with van der Waals surface area (Å²) in [6.45, 7) is 3.12. The molecule has 0 aliphatic heterocycles. The van der Waals surface area contributed by atoms with Crippen molar-refractivity contribution in [3.63, 3.8) is 0 Å². The normalized spacial score (nSPS) is 10.2. The number of nitrogens with zero attached hydrogens (tertiary/aromatic N) is 1. The van der Waals surface area contributed by atoms with E-state index in [9.17, 15) is 9.59 Å². The first kappa shape index (κ1) is 13.6. The Morgan fingerprint density at radius 1 is 1.59 bits per heavy atom. The van der Waals surface area contributed by atoms with Crippen LogP contribution in [0.15, 0.2) is 5.38 Å². The number of rotatable bonds is 7. The van der Waals surface area contributed by atoms with Crippen molar-refractivity contribution in [2.75, 3.05) is 18.5 Å². The van der Waals surface area contributed by atoms with Gasteiger partial charge in [0.2, 0.25) is 5.91 Å². The molecular formula is C10H15N3O3S. The Balaban J connectivity index is 2.32. The molecule has 0 saturated carbocycles. The first-order valence-electron chi connectivity index (χ1n) is 5.26. The SMILES string of the molecule is CCOCCCC(=O)Nc1nc(C(N)=O)cs1. The van der Waals surface area contributed by atoms with Gasteiger partial charge in [0, 0.05) is 25.0 Å². The average Bonchev–Trinajstić information content (AvgIpc) is 2.73. The van der Waals surface area contributed by atoms with Gasteiger partial charge < -0.3 is 15.8 Å². The number of carbonyl (C=O) groups is 2. The molecule has 0 atom stereocenters. The fourth-order valence-corrected chi connectivity index (χ4v) is 1.82. The molecule has 0 aromatic carbocycles. The van der Waals surface area contributed by atoms with Crippen LogP contribution in [0.5, 0.6) is 0 Å². The Morgan fingerprint density at radius 2 is 2.35 bits per heavy atom. The number of nitrogens with two attached hydrogens (primary N) is 1. The van der Waals surface area contributed by atoms with Crippen molar-refractivity contribution >= 4 is 28.3 Å². The van der Waals surface area contributed by atoms with Crippen molar-refractivity contribution in [2.24, 2.45) is 5.73 Å². The van der Waals surface area contributed by atoms with E-state index in [0.717, 1.165) is 0 Å².